The van der Waals surface area contributed by atoms with Gasteiger partial charge >= 0.3 is 0 Å². The maximum atomic E-state index is 5.75. The van der Waals surface area contributed by atoms with E-state index in [1.54, 1.807) is 6.20 Å². The van der Waals surface area contributed by atoms with Crippen LogP contribution in [0.1, 0.15) is 29.0 Å². The molecule has 7 heteroatoms. The monoisotopic (exact) mass is 377 g/mol. The zero-order chi connectivity index (χ0) is 19.2. The summed E-state index contributed by atoms with van der Waals surface area (Å²) in [5, 5.41) is 7.48. The van der Waals surface area contributed by atoms with Crippen LogP contribution in [0.4, 0.5) is 0 Å². The first-order chi connectivity index (χ1) is 13.8. The molecule has 3 heterocycles. The highest BCUT2D eigenvalue weighted by atomic mass is 16.5. The fourth-order valence-corrected chi connectivity index (χ4v) is 3.03. The van der Waals surface area contributed by atoms with Gasteiger partial charge in [0.1, 0.15) is 12.4 Å². The summed E-state index contributed by atoms with van der Waals surface area (Å²) >= 11 is 0. The van der Waals surface area contributed by atoms with E-state index in [2.05, 4.69) is 32.4 Å². The maximum absolute atomic E-state index is 5.75. The highest BCUT2D eigenvalue weighted by Crippen LogP contribution is 2.19. The Kier molecular flexibility index (Phi) is 5.75. The standard InChI is InChI=1S/C21H23N5O2/c1-26-13-12-22-14-19(26)21-24-20(28-25-21)10-7-16-5-8-18(9-6-16)27-15-17-4-2-3-11-23-17/h2-11,19,22H,12-15H2,1H3/b10-7+. The number of pyridine rings is 1. The highest BCUT2D eigenvalue weighted by molar-refractivity contribution is 5.66. The minimum atomic E-state index is 0.148. The van der Waals surface area contributed by atoms with Gasteiger partial charge in [0.15, 0.2) is 5.82 Å². The van der Waals surface area contributed by atoms with E-state index in [0.717, 1.165) is 36.6 Å². The Labute approximate surface area is 164 Å². The Bertz CT molecular complexity index is 908. The van der Waals surface area contributed by atoms with Gasteiger partial charge in [0.25, 0.3) is 5.89 Å². The molecule has 0 bridgehead atoms. The Hall–Kier alpha value is -3.03. The van der Waals surface area contributed by atoms with Gasteiger partial charge in [0.05, 0.1) is 11.7 Å². The number of rotatable bonds is 6. The predicted octanol–water partition coefficient (Wildman–Crippen LogP) is 2.79. The third-order valence-electron chi connectivity index (χ3n) is 4.68. The average Bonchev–Trinajstić information content (AvgIpc) is 3.21. The first-order valence-electron chi connectivity index (χ1n) is 9.33. The Morgan fingerprint density at radius 3 is 2.89 bits per heavy atom. The molecule has 144 valence electrons. The summed E-state index contributed by atoms with van der Waals surface area (Å²) in [4.78, 5) is 11.0. The van der Waals surface area contributed by atoms with Crippen molar-refractivity contribution in [3.05, 3.63) is 71.6 Å². The van der Waals surface area contributed by atoms with Crippen LogP contribution in [0.2, 0.25) is 0 Å². The Morgan fingerprint density at radius 2 is 2.11 bits per heavy atom. The van der Waals surface area contributed by atoms with Crippen molar-refractivity contribution in [2.75, 3.05) is 26.7 Å². The number of nitrogens with one attached hydrogen (secondary N) is 1. The zero-order valence-corrected chi connectivity index (χ0v) is 15.8. The van der Waals surface area contributed by atoms with E-state index in [1.807, 2.05) is 54.6 Å². The molecule has 4 rings (SSSR count). The van der Waals surface area contributed by atoms with E-state index >= 15 is 0 Å². The van der Waals surface area contributed by atoms with Crippen molar-refractivity contribution in [1.82, 2.24) is 25.3 Å². The highest BCUT2D eigenvalue weighted by Gasteiger charge is 2.24. The van der Waals surface area contributed by atoms with Crippen LogP contribution >= 0.6 is 0 Å². The van der Waals surface area contributed by atoms with Crippen molar-refractivity contribution < 1.29 is 9.26 Å². The molecular formula is C21H23N5O2. The fraction of sp³-hybridized carbons (Fsp3) is 0.286. The molecule has 1 N–H and O–H groups in total. The SMILES string of the molecule is CN1CCNCC1c1noc(/C=C/c2ccc(OCc3ccccn3)cc2)n1. The molecule has 1 unspecified atom stereocenters. The lowest BCUT2D eigenvalue weighted by atomic mass is 10.2. The topological polar surface area (TPSA) is 76.3 Å². The molecule has 2 aromatic heterocycles. The van der Waals surface area contributed by atoms with Gasteiger partial charge in [-0.25, -0.2) is 0 Å². The predicted molar refractivity (Wildman–Crippen MR) is 106 cm³/mol. The number of benzene rings is 1. The number of aromatic nitrogens is 3. The van der Waals surface area contributed by atoms with Gasteiger partial charge in [-0.15, -0.1) is 0 Å². The van der Waals surface area contributed by atoms with E-state index in [-0.39, 0.29) is 6.04 Å². The van der Waals surface area contributed by atoms with Gasteiger partial charge in [0, 0.05) is 31.9 Å². The van der Waals surface area contributed by atoms with Crippen LogP contribution in [0, 0.1) is 0 Å². The van der Waals surface area contributed by atoms with Crippen LogP contribution < -0.4 is 10.1 Å². The summed E-state index contributed by atoms with van der Waals surface area (Å²) in [6.45, 7) is 3.24. The molecule has 28 heavy (non-hydrogen) atoms. The lowest BCUT2D eigenvalue weighted by Crippen LogP contribution is -2.44. The summed E-state index contributed by atoms with van der Waals surface area (Å²) in [5.41, 5.74) is 1.93. The Morgan fingerprint density at radius 1 is 1.21 bits per heavy atom. The fourth-order valence-electron chi connectivity index (χ4n) is 3.03. The van der Waals surface area contributed by atoms with Crippen LogP contribution in [0.3, 0.4) is 0 Å². The molecule has 1 saturated heterocycles. The van der Waals surface area contributed by atoms with Crippen molar-refractivity contribution in [3.8, 4) is 5.75 Å². The number of likely N-dealkylation sites (N-methyl/N-ethyl adjacent to an activating group) is 1. The second kappa shape index (κ2) is 8.77. The molecule has 0 spiro atoms. The number of hydrogen-bond donors (Lipinski definition) is 1. The van der Waals surface area contributed by atoms with Crippen molar-refractivity contribution in [2.45, 2.75) is 12.6 Å². The molecule has 3 aromatic rings. The lowest BCUT2D eigenvalue weighted by Gasteiger charge is -2.30. The summed E-state index contributed by atoms with van der Waals surface area (Å²) in [7, 11) is 2.08. The molecule has 1 fully saturated rings. The van der Waals surface area contributed by atoms with Crippen molar-refractivity contribution in [3.63, 3.8) is 0 Å². The van der Waals surface area contributed by atoms with Gasteiger partial charge in [-0.3, -0.25) is 9.88 Å². The van der Waals surface area contributed by atoms with Gasteiger partial charge in [-0.05, 0) is 43.0 Å². The number of nitrogens with zero attached hydrogens (tertiary/aromatic N) is 4. The van der Waals surface area contributed by atoms with Crippen LogP contribution in [0.5, 0.6) is 5.75 Å². The molecule has 0 radical (unpaired) electrons. The molecular weight excluding hydrogens is 354 g/mol. The molecule has 1 aromatic carbocycles. The second-order valence-corrected chi connectivity index (χ2v) is 6.70. The number of hydrogen-bond acceptors (Lipinski definition) is 7. The molecule has 7 nitrogen and oxygen atoms in total. The zero-order valence-electron chi connectivity index (χ0n) is 15.8. The summed E-state index contributed by atoms with van der Waals surface area (Å²) < 4.78 is 11.1. The van der Waals surface area contributed by atoms with E-state index in [4.69, 9.17) is 9.26 Å². The van der Waals surface area contributed by atoms with E-state index < -0.39 is 0 Å². The summed E-state index contributed by atoms with van der Waals surface area (Å²) in [6, 6.07) is 13.8. The lowest BCUT2D eigenvalue weighted by molar-refractivity contribution is 0.190. The van der Waals surface area contributed by atoms with Gasteiger partial charge in [0.2, 0.25) is 0 Å². The third-order valence-corrected chi connectivity index (χ3v) is 4.68. The minimum absolute atomic E-state index is 0.148. The van der Waals surface area contributed by atoms with E-state index in [0.29, 0.717) is 18.3 Å². The van der Waals surface area contributed by atoms with Gasteiger partial charge in [-0.1, -0.05) is 23.4 Å². The minimum Gasteiger partial charge on any atom is -0.487 e. The molecule has 0 aliphatic carbocycles. The van der Waals surface area contributed by atoms with Gasteiger partial charge < -0.3 is 14.6 Å². The number of ether oxygens (including phenoxy) is 1. The largest absolute Gasteiger partial charge is 0.487 e. The molecule has 0 saturated carbocycles. The third kappa shape index (κ3) is 4.62. The first-order valence-corrected chi connectivity index (χ1v) is 9.33. The van der Waals surface area contributed by atoms with Gasteiger partial charge in [-0.2, -0.15) is 4.98 Å². The number of piperazine rings is 1. The van der Waals surface area contributed by atoms with Crippen LogP contribution in [-0.2, 0) is 6.61 Å². The summed E-state index contributed by atoms with van der Waals surface area (Å²) in [6.07, 6.45) is 5.54. The molecule has 1 aliphatic rings. The molecule has 1 atom stereocenters. The van der Waals surface area contributed by atoms with Crippen LogP contribution in [-0.4, -0.2) is 46.7 Å². The van der Waals surface area contributed by atoms with Crippen molar-refractivity contribution in [1.29, 1.82) is 0 Å². The molecule has 1 aliphatic heterocycles. The van der Waals surface area contributed by atoms with Crippen molar-refractivity contribution in [2.24, 2.45) is 0 Å². The van der Waals surface area contributed by atoms with Crippen molar-refractivity contribution >= 4 is 12.2 Å². The van der Waals surface area contributed by atoms with E-state index in [9.17, 15) is 0 Å². The second-order valence-electron chi connectivity index (χ2n) is 6.70. The normalized spacial score (nSPS) is 17.8. The maximum Gasteiger partial charge on any atom is 0.250 e. The quantitative estimate of drug-likeness (QED) is 0.708. The average molecular weight is 377 g/mol. The first kappa shape index (κ1) is 18.3. The smallest absolute Gasteiger partial charge is 0.250 e. The summed E-state index contributed by atoms with van der Waals surface area (Å²) in [5.74, 6) is 2.02. The Balaban J connectivity index is 1.34. The molecule has 0 amide bonds. The van der Waals surface area contributed by atoms with Crippen LogP contribution in [0.25, 0.3) is 12.2 Å². The van der Waals surface area contributed by atoms with Crippen LogP contribution in [0.15, 0.2) is 53.2 Å². The van der Waals surface area contributed by atoms with E-state index in [1.165, 1.54) is 0 Å².